The van der Waals surface area contributed by atoms with Crippen LogP contribution in [0.1, 0.15) is 80.6 Å². The predicted molar refractivity (Wildman–Crippen MR) is 142 cm³/mol. The standard InChI is InChI=1S/C29H44O3Si/c1-24(23-27(30)32-28(2,3)4)17-11-10-16-22-31-33(29(5,6)7,25-18-12-8-13-19-25)26-20-14-9-15-21-26/h8-9,12-15,18-21,24H,10-11,16-17,22-23H2,1-7H3. The number of carbonyl (C=O) groups is 1. The van der Waals surface area contributed by atoms with Crippen molar-refractivity contribution in [2.75, 3.05) is 6.61 Å². The van der Waals surface area contributed by atoms with E-state index in [0.29, 0.717) is 12.3 Å². The van der Waals surface area contributed by atoms with Gasteiger partial charge >= 0.3 is 5.97 Å². The van der Waals surface area contributed by atoms with E-state index in [-0.39, 0.29) is 11.0 Å². The third-order valence-corrected chi connectivity index (χ3v) is 11.1. The number of hydrogen-bond acceptors (Lipinski definition) is 3. The summed E-state index contributed by atoms with van der Waals surface area (Å²) in [5.74, 6) is 0.252. The van der Waals surface area contributed by atoms with Crippen LogP contribution in [0.4, 0.5) is 0 Å². The summed E-state index contributed by atoms with van der Waals surface area (Å²) in [7, 11) is -2.44. The lowest BCUT2D eigenvalue weighted by atomic mass is 10.00. The van der Waals surface area contributed by atoms with Gasteiger partial charge in [0.15, 0.2) is 0 Å². The quantitative estimate of drug-likeness (QED) is 0.215. The van der Waals surface area contributed by atoms with Crippen LogP contribution >= 0.6 is 0 Å². The Hall–Kier alpha value is -1.91. The van der Waals surface area contributed by atoms with Crippen molar-refractivity contribution in [1.29, 1.82) is 0 Å². The molecule has 182 valence electrons. The number of rotatable bonds is 11. The summed E-state index contributed by atoms with van der Waals surface area (Å²) in [5.41, 5.74) is -0.408. The summed E-state index contributed by atoms with van der Waals surface area (Å²) in [6.07, 6.45) is 4.78. The molecule has 0 radical (unpaired) electrons. The van der Waals surface area contributed by atoms with E-state index in [9.17, 15) is 4.79 Å². The Kier molecular flexibility index (Phi) is 9.93. The van der Waals surface area contributed by atoms with E-state index >= 15 is 0 Å². The molecular weight excluding hydrogens is 424 g/mol. The van der Waals surface area contributed by atoms with E-state index in [2.05, 4.69) is 88.4 Å². The summed E-state index contributed by atoms with van der Waals surface area (Å²) in [6, 6.07) is 21.6. The minimum absolute atomic E-state index is 0.0115. The van der Waals surface area contributed by atoms with Crippen molar-refractivity contribution < 1.29 is 14.0 Å². The summed E-state index contributed by atoms with van der Waals surface area (Å²) in [5, 5.41) is 2.67. The van der Waals surface area contributed by atoms with E-state index in [4.69, 9.17) is 9.16 Å². The summed E-state index contributed by atoms with van der Waals surface area (Å²) >= 11 is 0. The Morgan fingerprint density at radius 2 is 1.33 bits per heavy atom. The molecule has 4 heteroatoms. The van der Waals surface area contributed by atoms with E-state index in [1.165, 1.54) is 10.4 Å². The number of benzene rings is 2. The van der Waals surface area contributed by atoms with Gasteiger partial charge in [-0.2, -0.15) is 0 Å². The topological polar surface area (TPSA) is 35.5 Å². The molecule has 2 aromatic rings. The minimum atomic E-state index is -2.44. The second-order valence-corrected chi connectivity index (χ2v) is 15.6. The molecule has 1 unspecified atom stereocenters. The molecule has 0 aliphatic carbocycles. The second-order valence-electron chi connectivity index (χ2n) is 11.3. The van der Waals surface area contributed by atoms with Crippen molar-refractivity contribution in [2.24, 2.45) is 5.92 Å². The molecule has 0 amide bonds. The van der Waals surface area contributed by atoms with Gasteiger partial charge in [-0.3, -0.25) is 4.79 Å². The van der Waals surface area contributed by atoms with E-state index in [1.54, 1.807) is 0 Å². The highest BCUT2D eigenvalue weighted by molar-refractivity contribution is 6.99. The van der Waals surface area contributed by atoms with Gasteiger partial charge in [-0.1, -0.05) is 108 Å². The van der Waals surface area contributed by atoms with Crippen LogP contribution in [0, 0.1) is 5.92 Å². The van der Waals surface area contributed by atoms with Crippen LogP contribution in [0.3, 0.4) is 0 Å². The van der Waals surface area contributed by atoms with Crippen LogP contribution in [0.5, 0.6) is 0 Å². The SMILES string of the molecule is CC(CCCCCO[Si](c1ccccc1)(c1ccccc1)C(C)(C)C)CC(=O)OC(C)(C)C. The maximum absolute atomic E-state index is 12.0. The first-order valence-corrected chi connectivity index (χ1v) is 14.3. The van der Waals surface area contributed by atoms with Crippen molar-refractivity contribution in [3.8, 4) is 0 Å². The summed E-state index contributed by atoms with van der Waals surface area (Å²) < 4.78 is 12.4. The van der Waals surface area contributed by atoms with Gasteiger partial charge in [0.25, 0.3) is 8.32 Å². The highest BCUT2D eigenvalue weighted by atomic mass is 28.4. The number of carbonyl (C=O) groups excluding carboxylic acids is 1. The number of unbranched alkanes of at least 4 members (excludes halogenated alkanes) is 2. The number of hydrogen-bond donors (Lipinski definition) is 0. The van der Waals surface area contributed by atoms with Crippen molar-refractivity contribution in [1.82, 2.24) is 0 Å². The lowest BCUT2D eigenvalue weighted by Crippen LogP contribution is -2.66. The maximum Gasteiger partial charge on any atom is 0.306 e. The Labute approximate surface area is 203 Å². The van der Waals surface area contributed by atoms with Crippen molar-refractivity contribution >= 4 is 24.7 Å². The maximum atomic E-state index is 12.0. The third kappa shape index (κ3) is 8.11. The Balaban J connectivity index is 1.96. The molecule has 0 heterocycles. The molecular formula is C29H44O3Si. The molecule has 1 atom stereocenters. The lowest BCUT2D eigenvalue weighted by Gasteiger charge is -2.43. The summed E-state index contributed by atoms with van der Waals surface area (Å²) in [6.45, 7) is 15.6. The second kappa shape index (κ2) is 12.0. The highest BCUT2D eigenvalue weighted by Gasteiger charge is 2.49. The van der Waals surface area contributed by atoms with Gasteiger partial charge in [0, 0.05) is 13.0 Å². The van der Waals surface area contributed by atoms with Gasteiger partial charge in [0.1, 0.15) is 5.60 Å². The molecule has 0 aliphatic rings. The molecule has 0 saturated heterocycles. The first-order chi connectivity index (χ1) is 15.5. The highest BCUT2D eigenvalue weighted by Crippen LogP contribution is 2.36. The Bertz CT molecular complexity index is 795. The first-order valence-electron chi connectivity index (χ1n) is 12.4. The van der Waals surface area contributed by atoms with Gasteiger partial charge in [0.05, 0.1) is 0 Å². The number of ether oxygens (including phenoxy) is 1. The van der Waals surface area contributed by atoms with Crippen LogP contribution in [-0.4, -0.2) is 26.5 Å². The Morgan fingerprint density at radius 3 is 1.79 bits per heavy atom. The molecule has 0 bridgehead atoms. The zero-order valence-corrected chi connectivity index (χ0v) is 22.8. The lowest BCUT2D eigenvalue weighted by molar-refractivity contribution is -0.155. The number of esters is 1. The molecule has 0 aromatic heterocycles. The van der Waals surface area contributed by atoms with E-state index in [0.717, 1.165) is 32.3 Å². The van der Waals surface area contributed by atoms with Crippen LogP contribution in [0.25, 0.3) is 0 Å². The third-order valence-electron chi connectivity index (χ3n) is 6.01. The average Bonchev–Trinajstić information content (AvgIpc) is 2.72. The van der Waals surface area contributed by atoms with Crippen molar-refractivity contribution in [3.05, 3.63) is 60.7 Å². The van der Waals surface area contributed by atoms with Crippen LogP contribution in [0.15, 0.2) is 60.7 Å². The molecule has 0 saturated carbocycles. The summed E-state index contributed by atoms with van der Waals surface area (Å²) in [4.78, 5) is 12.0. The van der Waals surface area contributed by atoms with Gasteiger partial charge in [-0.15, -0.1) is 0 Å². The largest absolute Gasteiger partial charge is 0.460 e. The van der Waals surface area contributed by atoms with Gasteiger partial charge < -0.3 is 9.16 Å². The molecule has 0 fully saturated rings. The molecule has 2 aromatic carbocycles. The monoisotopic (exact) mass is 468 g/mol. The molecule has 2 rings (SSSR count). The van der Waals surface area contributed by atoms with Gasteiger partial charge in [-0.05, 0) is 48.5 Å². The van der Waals surface area contributed by atoms with Crippen LogP contribution < -0.4 is 10.4 Å². The van der Waals surface area contributed by atoms with Gasteiger partial charge in [-0.25, -0.2) is 0 Å². The molecule has 0 N–H and O–H groups in total. The first kappa shape index (κ1) is 27.3. The predicted octanol–water partition coefficient (Wildman–Crippen LogP) is 6.49. The zero-order chi connectivity index (χ0) is 24.5. The average molecular weight is 469 g/mol. The smallest absolute Gasteiger partial charge is 0.306 e. The fourth-order valence-electron chi connectivity index (χ4n) is 4.53. The van der Waals surface area contributed by atoms with E-state index < -0.39 is 13.9 Å². The van der Waals surface area contributed by atoms with Crippen LogP contribution in [0.2, 0.25) is 5.04 Å². The van der Waals surface area contributed by atoms with Crippen LogP contribution in [-0.2, 0) is 14.0 Å². The fourth-order valence-corrected chi connectivity index (χ4v) is 9.13. The van der Waals surface area contributed by atoms with Crippen molar-refractivity contribution in [3.63, 3.8) is 0 Å². The zero-order valence-electron chi connectivity index (χ0n) is 21.8. The Morgan fingerprint density at radius 1 is 0.818 bits per heavy atom. The van der Waals surface area contributed by atoms with Crippen molar-refractivity contribution in [2.45, 2.75) is 91.2 Å². The van der Waals surface area contributed by atoms with Gasteiger partial charge in [0.2, 0.25) is 0 Å². The molecule has 0 aliphatic heterocycles. The molecule has 33 heavy (non-hydrogen) atoms. The molecule has 3 nitrogen and oxygen atoms in total. The fraction of sp³-hybridized carbons (Fsp3) is 0.552. The minimum Gasteiger partial charge on any atom is -0.460 e. The molecule has 0 spiro atoms. The normalized spacial score (nSPS) is 13.5. The van der Waals surface area contributed by atoms with E-state index in [1.807, 2.05) is 20.8 Å².